The Morgan fingerprint density at radius 1 is 1.04 bits per heavy atom. The molecular formula is C17H25N3O4. The van der Waals surface area contributed by atoms with Crippen LogP contribution in [0, 0.1) is 0 Å². The van der Waals surface area contributed by atoms with Crippen LogP contribution in [-0.2, 0) is 9.59 Å². The third-order valence-corrected chi connectivity index (χ3v) is 3.17. The Morgan fingerprint density at radius 2 is 1.75 bits per heavy atom. The average Bonchev–Trinajstić information content (AvgIpc) is 2.54. The van der Waals surface area contributed by atoms with E-state index in [9.17, 15) is 14.4 Å². The second-order valence-corrected chi connectivity index (χ2v) is 5.67. The third-order valence-electron chi connectivity index (χ3n) is 3.17. The molecule has 0 aliphatic carbocycles. The molecule has 1 aromatic rings. The van der Waals surface area contributed by atoms with Crippen molar-refractivity contribution >= 4 is 23.4 Å². The molecule has 0 bridgehead atoms. The van der Waals surface area contributed by atoms with E-state index >= 15 is 0 Å². The highest BCUT2D eigenvalue weighted by Gasteiger charge is 2.17. The largest absolute Gasteiger partial charge is 0.396 e. The number of carbonyl (C=O) groups excluding carboxylic acids is 3. The van der Waals surface area contributed by atoms with Gasteiger partial charge in [0.25, 0.3) is 5.91 Å². The molecule has 0 saturated heterocycles. The first-order valence-corrected chi connectivity index (χ1v) is 8.05. The van der Waals surface area contributed by atoms with Gasteiger partial charge in [0.1, 0.15) is 0 Å². The minimum Gasteiger partial charge on any atom is -0.396 e. The van der Waals surface area contributed by atoms with Crippen LogP contribution in [0.5, 0.6) is 0 Å². The smallest absolute Gasteiger partial charge is 0.313 e. The van der Waals surface area contributed by atoms with Crippen molar-refractivity contribution in [1.82, 2.24) is 10.6 Å². The second-order valence-electron chi connectivity index (χ2n) is 5.67. The minimum absolute atomic E-state index is 0.0384. The molecule has 0 spiro atoms. The van der Waals surface area contributed by atoms with Crippen LogP contribution in [0.25, 0.3) is 0 Å². The summed E-state index contributed by atoms with van der Waals surface area (Å²) in [6, 6.07) is 6.48. The molecular weight excluding hydrogens is 310 g/mol. The second kappa shape index (κ2) is 10.4. The van der Waals surface area contributed by atoms with Crippen molar-refractivity contribution in [2.24, 2.45) is 0 Å². The van der Waals surface area contributed by atoms with E-state index in [1.807, 2.05) is 13.8 Å². The lowest BCUT2D eigenvalue weighted by Crippen LogP contribution is -2.37. The number of aliphatic hydroxyl groups excluding tert-OH is 1. The molecule has 4 N–H and O–H groups in total. The van der Waals surface area contributed by atoms with Crippen LogP contribution >= 0.6 is 0 Å². The van der Waals surface area contributed by atoms with Crippen molar-refractivity contribution in [3.8, 4) is 0 Å². The summed E-state index contributed by atoms with van der Waals surface area (Å²) in [5.41, 5.74) is 0.589. The molecule has 1 rings (SSSR count). The van der Waals surface area contributed by atoms with Crippen LogP contribution in [-0.4, -0.2) is 42.0 Å². The van der Waals surface area contributed by atoms with Gasteiger partial charge in [0.05, 0.1) is 11.3 Å². The summed E-state index contributed by atoms with van der Waals surface area (Å²) in [6.45, 7) is 4.15. The number of para-hydroxylation sites is 1. The maximum absolute atomic E-state index is 12.1. The zero-order valence-corrected chi connectivity index (χ0v) is 14.1. The zero-order valence-electron chi connectivity index (χ0n) is 14.1. The van der Waals surface area contributed by atoms with Crippen molar-refractivity contribution in [2.45, 2.75) is 39.2 Å². The zero-order chi connectivity index (χ0) is 17.9. The number of benzene rings is 1. The Labute approximate surface area is 141 Å². The van der Waals surface area contributed by atoms with Gasteiger partial charge in [-0.25, -0.2) is 0 Å². The van der Waals surface area contributed by atoms with E-state index in [0.717, 1.165) is 6.42 Å². The Bertz CT molecular complexity index is 573. The topological polar surface area (TPSA) is 108 Å². The fraction of sp³-hybridized carbons (Fsp3) is 0.471. The predicted molar refractivity (Wildman–Crippen MR) is 91.6 cm³/mol. The van der Waals surface area contributed by atoms with Crippen LogP contribution < -0.4 is 16.0 Å². The molecule has 132 valence electrons. The highest BCUT2D eigenvalue weighted by molar-refractivity contribution is 6.40. The van der Waals surface area contributed by atoms with E-state index < -0.39 is 11.8 Å². The Hall–Kier alpha value is -2.41. The van der Waals surface area contributed by atoms with Gasteiger partial charge in [0.15, 0.2) is 0 Å². The number of hydrogen-bond donors (Lipinski definition) is 4. The highest BCUT2D eigenvalue weighted by atomic mass is 16.3. The van der Waals surface area contributed by atoms with E-state index in [0.29, 0.717) is 24.9 Å². The molecule has 0 saturated carbocycles. The molecule has 1 aromatic carbocycles. The van der Waals surface area contributed by atoms with Crippen LogP contribution in [0.15, 0.2) is 24.3 Å². The van der Waals surface area contributed by atoms with E-state index in [2.05, 4.69) is 16.0 Å². The predicted octanol–water partition coefficient (Wildman–Crippen LogP) is 1.04. The van der Waals surface area contributed by atoms with Crippen LogP contribution in [0.4, 0.5) is 5.69 Å². The van der Waals surface area contributed by atoms with Crippen molar-refractivity contribution in [3.63, 3.8) is 0 Å². The van der Waals surface area contributed by atoms with Crippen molar-refractivity contribution in [2.75, 3.05) is 18.5 Å². The van der Waals surface area contributed by atoms with Gasteiger partial charge in [-0.1, -0.05) is 12.1 Å². The Kier molecular flexibility index (Phi) is 8.49. The molecule has 0 aromatic heterocycles. The molecule has 0 atom stereocenters. The fourth-order valence-electron chi connectivity index (χ4n) is 2.00. The van der Waals surface area contributed by atoms with E-state index in [1.165, 1.54) is 0 Å². The van der Waals surface area contributed by atoms with E-state index in [-0.39, 0.29) is 24.2 Å². The van der Waals surface area contributed by atoms with Gasteiger partial charge < -0.3 is 21.1 Å². The summed E-state index contributed by atoms with van der Waals surface area (Å²) in [6.07, 6.45) is 2.13. The first kappa shape index (κ1) is 19.6. The summed E-state index contributed by atoms with van der Waals surface area (Å²) in [5.74, 6) is -1.88. The van der Waals surface area contributed by atoms with Gasteiger partial charge in [-0.05, 0) is 45.2 Å². The normalized spacial score (nSPS) is 10.3. The number of unbranched alkanes of at least 4 members (excludes halogenated alkanes) is 2. The summed E-state index contributed by atoms with van der Waals surface area (Å²) in [4.78, 5) is 35.8. The molecule has 0 fully saturated rings. The monoisotopic (exact) mass is 335 g/mol. The molecule has 0 aliphatic heterocycles. The molecule has 0 aliphatic rings. The first-order chi connectivity index (χ1) is 11.5. The van der Waals surface area contributed by atoms with Crippen molar-refractivity contribution in [3.05, 3.63) is 29.8 Å². The maximum Gasteiger partial charge on any atom is 0.313 e. The van der Waals surface area contributed by atoms with Gasteiger partial charge >= 0.3 is 11.8 Å². The molecule has 7 heteroatoms. The number of carbonyl (C=O) groups is 3. The average molecular weight is 335 g/mol. The van der Waals surface area contributed by atoms with Gasteiger partial charge in [0.2, 0.25) is 0 Å². The molecule has 0 radical (unpaired) electrons. The van der Waals surface area contributed by atoms with Crippen LogP contribution in [0.3, 0.4) is 0 Å². The lowest BCUT2D eigenvalue weighted by Gasteiger charge is -2.13. The van der Waals surface area contributed by atoms with Gasteiger partial charge in [-0.3, -0.25) is 14.4 Å². The molecule has 7 nitrogen and oxygen atoms in total. The van der Waals surface area contributed by atoms with E-state index in [4.69, 9.17) is 5.11 Å². The number of nitrogens with one attached hydrogen (secondary N) is 3. The SMILES string of the molecule is CC(C)NC(=O)c1ccccc1NC(=O)C(=O)NCCCCCO. The summed E-state index contributed by atoms with van der Waals surface area (Å²) in [5, 5.41) is 16.4. The third kappa shape index (κ3) is 6.78. The molecule has 3 amide bonds. The Balaban J connectivity index is 2.60. The Morgan fingerprint density at radius 3 is 2.42 bits per heavy atom. The number of amides is 3. The molecule has 0 heterocycles. The minimum atomic E-state index is -0.818. The standard InChI is InChI=1S/C17H25N3O4/c1-12(2)19-15(22)13-8-4-5-9-14(13)20-17(24)16(23)18-10-6-3-7-11-21/h4-5,8-9,12,21H,3,6-7,10-11H2,1-2H3,(H,18,23)(H,19,22)(H,20,24). The van der Waals surface area contributed by atoms with Crippen LogP contribution in [0.1, 0.15) is 43.5 Å². The summed E-state index contributed by atoms with van der Waals surface area (Å²) < 4.78 is 0. The van der Waals surface area contributed by atoms with Gasteiger partial charge in [-0.15, -0.1) is 0 Å². The fourth-order valence-corrected chi connectivity index (χ4v) is 2.00. The van der Waals surface area contributed by atoms with E-state index in [1.54, 1.807) is 24.3 Å². The molecule has 0 unspecified atom stereocenters. The summed E-state index contributed by atoms with van der Waals surface area (Å²) in [7, 11) is 0. The maximum atomic E-state index is 12.1. The highest BCUT2D eigenvalue weighted by Crippen LogP contribution is 2.15. The quantitative estimate of drug-likeness (QED) is 0.420. The first-order valence-electron chi connectivity index (χ1n) is 8.05. The van der Waals surface area contributed by atoms with Crippen molar-refractivity contribution in [1.29, 1.82) is 0 Å². The van der Waals surface area contributed by atoms with Gasteiger partial charge in [0, 0.05) is 19.2 Å². The number of hydrogen-bond acceptors (Lipinski definition) is 4. The van der Waals surface area contributed by atoms with Gasteiger partial charge in [-0.2, -0.15) is 0 Å². The molecule has 24 heavy (non-hydrogen) atoms. The lowest BCUT2D eigenvalue weighted by molar-refractivity contribution is -0.136. The van der Waals surface area contributed by atoms with Crippen molar-refractivity contribution < 1.29 is 19.5 Å². The number of rotatable bonds is 8. The number of aliphatic hydroxyl groups is 1. The number of anilines is 1. The summed E-state index contributed by atoms with van der Waals surface area (Å²) >= 11 is 0. The lowest BCUT2D eigenvalue weighted by atomic mass is 10.1. The van der Waals surface area contributed by atoms with Crippen LogP contribution in [0.2, 0.25) is 0 Å².